The van der Waals surface area contributed by atoms with E-state index in [0.717, 1.165) is 17.9 Å². The summed E-state index contributed by atoms with van der Waals surface area (Å²) in [4.78, 5) is 9.01. The van der Waals surface area contributed by atoms with Crippen LogP contribution in [0.3, 0.4) is 0 Å². The standard InChI is InChI=1S/C14H16N4O/c1-19-8-10-7-13(18-15)17-14(16-10)12-6-9-4-2-3-5-11(9)12/h2-5,7,12H,6,8,15H2,1H3,(H,16,17,18). The Morgan fingerprint density at radius 1 is 1.37 bits per heavy atom. The van der Waals surface area contributed by atoms with Crippen LogP contribution in [0.25, 0.3) is 0 Å². The highest BCUT2D eigenvalue weighted by molar-refractivity contribution is 5.45. The maximum Gasteiger partial charge on any atom is 0.144 e. The van der Waals surface area contributed by atoms with Gasteiger partial charge in [-0.1, -0.05) is 24.3 Å². The smallest absolute Gasteiger partial charge is 0.144 e. The number of benzene rings is 1. The molecule has 0 saturated carbocycles. The number of fused-ring (bicyclic) bond motifs is 1. The van der Waals surface area contributed by atoms with E-state index in [4.69, 9.17) is 10.6 Å². The minimum atomic E-state index is 0.264. The van der Waals surface area contributed by atoms with Gasteiger partial charge in [-0.25, -0.2) is 15.8 Å². The Balaban J connectivity index is 1.95. The van der Waals surface area contributed by atoms with Crippen molar-refractivity contribution < 1.29 is 4.74 Å². The minimum absolute atomic E-state index is 0.264. The van der Waals surface area contributed by atoms with E-state index < -0.39 is 0 Å². The van der Waals surface area contributed by atoms with Gasteiger partial charge in [-0.15, -0.1) is 0 Å². The van der Waals surface area contributed by atoms with Crippen LogP contribution in [0.2, 0.25) is 0 Å². The van der Waals surface area contributed by atoms with Gasteiger partial charge in [-0.05, 0) is 17.5 Å². The van der Waals surface area contributed by atoms with E-state index in [0.29, 0.717) is 12.4 Å². The number of hydrogen-bond acceptors (Lipinski definition) is 5. The number of hydrogen-bond donors (Lipinski definition) is 2. The zero-order valence-electron chi connectivity index (χ0n) is 10.8. The van der Waals surface area contributed by atoms with Gasteiger partial charge in [0, 0.05) is 19.1 Å². The van der Waals surface area contributed by atoms with Gasteiger partial charge in [0.1, 0.15) is 11.6 Å². The summed E-state index contributed by atoms with van der Waals surface area (Å²) >= 11 is 0. The van der Waals surface area contributed by atoms with Crippen molar-refractivity contribution in [2.45, 2.75) is 18.9 Å². The lowest BCUT2D eigenvalue weighted by molar-refractivity contribution is 0.181. The van der Waals surface area contributed by atoms with Crippen molar-refractivity contribution in [1.82, 2.24) is 9.97 Å². The van der Waals surface area contributed by atoms with E-state index >= 15 is 0 Å². The third kappa shape index (κ3) is 2.18. The first-order valence-electron chi connectivity index (χ1n) is 6.23. The van der Waals surface area contributed by atoms with Crippen LogP contribution in [-0.2, 0) is 17.8 Å². The molecular weight excluding hydrogens is 240 g/mol. The molecule has 1 unspecified atom stereocenters. The number of ether oxygens (including phenoxy) is 1. The molecule has 2 aromatic rings. The molecule has 1 atom stereocenters. The first-order valence-corrected chi connectivity index (χ1v) is 6.23. The molecular formula is C14H16N4O. The van der Waals surface area contributed by atoms with E-state index in [1.807, 2.05) is 6.07 Å². The summed E-state index contributed by atoms with van der Waals surface area (Å²) < 4.78 is 5.12. The van der Waals surface area contributed by atoms with Crippen molar-refractivity contribution in [1.29, 1.82) is 0 Å². The van der Waals surface area contributed by atoms with E-state index in [9.17, 15) is 0 Å². The first kappa shape index (κ1) is 12.1. The Kier molecular flexibility index (Phi) is 3.15. The fraction of sp³-hybridized carbons (Fsp3) is 0.286. The second-order valence-electron chi connectivity index (χ2n) is 4.64. The van der Waals surface area contributed by atoms with E-state index in [1.54, 1.807) is 13.2 Å². The molecule has 0 bridgehead atoms. The first-order chi connectivity index (χ1) is 9.31. The number of nitrogen functional groups attached to an aromatic ring is 1. The molecule has 5 nitrogen and oxygen atoms in total. The molecule has 0 radical (unpaired) electrons. The third-order valence-corrected chi connectivity index (χ3v) is 3.40. The van der Waals surface area contributed by atoms with Crippen LogP contribution in [0.15, 0.2) is 30.3 Å². The van der Waals surface area contributed by atoms with Crippen LogP contribution < -0.4 is 11.3 Å². The molecule has 1 aromatic carbocycles. The fourth-order valence-corrected chi connectivity index (χ4v) is 2.46. The molecule has 0 aliphatic heterocycles. The second kappa shape index (κ2) is 4.95. The summed E-state index contributed by atoms with van der Waals surface area (Å²) in [5.41, 5.74) is 6.10. The third-order valence-electron chi connectivity index (χ3n) is 3.40. The van der Waals surface area contributed by atoms with Gasteiger partial charge in [0.15, 0.2) is 0 Å². The second-order valence-corrected chi connectivity index (χ2v) is 4.64. The molecule has 0 fully saturated rings. The topological polar surface area (TPSA) is 73.1 Å². The molecule has 1 heterocycles. The van der Waals surface area contributed by atoms with Crippen LogP contribution in [0, 0.1) is 0 Å². The summed E-state index contributed by atoms with van der Waals surface area (Å²) in [5.74, 6) is 7.15. The van der Waals surface area contributed by atoms with E-state index in [1.165, 1.54) is 11.1 Å². The number of methoxy groups -OCH3 is 1. The Hall–Kier alpha value is -1.98. The Morgan fingerprint density at radius 3 is 2.95 bits per heavy atom. The molecule has 1 aliphatic rings. The van der Waals surface area contributed by atoms with E-state index in [-0.39, 0.29) is 5.92 Å². The molecule has 98 valence electrons. The van der Waals surface area contributed by atoms with Crippen LogP contribution in [-0.4, -0.2) is 17.1 Å². The number of nitrogens with two attached hydrogens (primary N) is 1. The van der Waals surface area contributed by atoms with Crippen molar-refractivity contribution in [3.05, 3.63) is 53.0 Å². The zero-order valence-corrected chi connectivity index (χ0v) is 10.8. The molecule has 0 amide bonds. The largest absolute Gasteiger partial charge is 0.378 e. The average molecular weight is 256 g/mol. The van der Waals surface area contributed by atoms with Crippen molar-refractivity contribution in [3.63, 3.8) is 0 Å². The molecule has 19 heavy (non-hydrogen) atoms. The Morgan fingerprint density at radius 2 is 2.21 bits per heavy atom. The van der Waals surface area contributed by atoms with Crippen molar-refractivity contribution in [3.8, 4) is 0 Å². The summed E-state index contributed by atoms with van der Waals surface area (Å²) in [6.07, 6.45) is 0.983. The van der Waals surface area contributed by atoms with Gasteiger partial charge in [-0.3, -0.25) is 0 Å². The molecule has 1 aromatic heterocycles. The minimum Gasteiger partial charge on any atom is -0.378 e. The number of aromatic nitrogens is 2. The van der Waals surface area contributed by atoms with Crippen LogP contribution in [0.1, 0.15) is 28.6 Å². The van der Waals surface area contributed by atoms with Crippen molar-refractivity contribution in [2.24, 2.45) is 5.84 Å². The number of nitrogens with one attached hydrogen (secondary N) is 1. The van der Waals surface area contributed by atoms with Gasteiger partial charge < -0.3 is 10.2 Å². The van der Waals surface area contributed by atoms with Gasteiger partial charge in [0.25, 0.3) is 0 Å². The van der Waals surface area contributed by atoms with Gasteiger partial charge in [0.05, 0.1) is 12.3 Å². The van der Waals surface area contributed by atoms with Crippen LogP contribution in [0.4, 0.5) is 5.82 Å². The number of rotatable bonds is 4. The van der Waals surface area contributed by atoms with Gasteiger partial charge in [-0.2, -0.15) is 0 Å². The maximum atomic E-state index is 5.46. The molecule has 1 aliphatic carbocycles. The molecule has 0 spiro atoms. The zero-order chi connectivity index (χ0) is 13.2. The summed E-state index contributed by atoms with van der Waals surface area (Å²) in [6.45, 7) is 0.457. The monoisotopic (exact) mass is 256 g/mol. The van der Waals surface area contributed by atoms with Gasteiger partial charge in [0.2, 0.25) is 0 Å². The molecule has 3 rings (SSSR count). The highest BCUT2D eigenvalue weighted by Gasteiger charge is 2.29. The fourth-order valence-electron chi connectivity index (χ4n) is 2.46. The highest BCUT2D eigenvalue weighted by Crippen LogP contribution is 2.38. The predicted octanol–water partition coefficient (Wildman–Crippen LogP) is 1.60. The SMILES string of the molecule is COCc1cc(NN)nc(C2Cc3ccccc32)n1. The lowest BCUT2D eigenvalue weighted by Crippen LogP contribution is -2.22. The van der Waals surface area contributed by atoms with E-state index in [2.05, 4.69) is 33.6 Å². The summed E-state index contributed by atoms with van der Waals surface area (Å²) in [6, 6.07) is 10.2. The van der Waals surface area contributed by atoms with Crippen LogP contribution >= 0.6 is 0 Å². The Labute approximate surface area is 111 Å². The Bertz CT molecular complexity index is 600. The van der Waals surface area contributed by atoms with Crippen molar-refractivity contribution >= 4 is 5.82 Å². The number of nitrogens with zero attached hydrogens (tertiary/aromatic N) is 2. The quantitative estimate of drug-likeness (QED) is 0.642. The summed E-state index contributed by atoms with van der Waals surface area (Å²) in [5, 5.41) is 0. The lowest BCUT2D eigenvalue weighted by atomic mass is 9.77. The molecule has 3 N–H and O–H groups in total. The van der Waals surface area contributed by atoms with Gasteiger partial charge >= 0.3 is 0 Å². The molecule has 5 heteroatoms. The van der Waals surface area contributed by atoms with Crippen LogP contribution in [0.5, 0.6) is 0 Å². The normalized spacial score (nSPS) is 16.6. The molecule has 0 saturated heterocycles. The number of anilines is 1. The highest BCUT2D eigenvalue weighted by atomic mass is 16.5. The average Bonchev–Trinajstić information content (AvgIpc) is 2.40. The lowest BCUT2D eigenvalue weighted by Gasteiger charge is -2.29. The maximum absolute atomic E-state index is 5.46. The van der Waals surface area contributed by atoms with Crippen molar-refractivity contribution in [2.75, 3.05) is 12.5 Å². The predicted molar refractivity (Wildman–Crippen MR) is 72.5 cm³/mol. The number of hydrazine groups is 1. The summed E-state index contributed by atoms with van der Waals surface area (Å²) in [7, 11) is 1.65.